The van der Waals surface area contributed by atoms with Gasteiger partial charge in [0.2, 0.25) is 0 Å². The van der Waals surface area contributed by atoms with E-state index in [-0.39, 0.29) is 0 Å². The molecule has 0 radical (unpaired) electrons. The van der Waals surface area contributed by atoms with Gasteiger partial charge in [0.25, 0.3) is 0 Å². The lowest BCUT2D eigenvalue weighted by Crippen LogP contribution is -2.01. The van der Waals surface area contributed by atoms with Gasteiger partial charge in [0.1, 0.15) is 18.0 Å². The lowest BCUT2D eigenvalue weighted by Gasteiger charge is -2.10. The van der Waals surface area contributed by atoms with Crippen LogP contribution < -0.4 is 10.6 Å². The second kappa shape index (κ2) is 7.20. The first-order valence-corrected chi connectivity index (χ1v) is 9.35. The third-order valence-electron chi connectivity index (χ3n) is 4.86. The van der Waals surface area contributed by atoms with Crippen molar-refractivity contribution >= 4 is 39.1 Å². The lowest BCUT2D eigenvalue weighted by molar-refractivity contribution is 0.712. The van der Waals surface area contributed by atoms with Crippen LogP contribution >= 0.6 is 0 Å². The Balaban J connectivity index is 1.47. The number of nitrogens with zero attached hydrogens (tertiary/aromatic N) is 5. The van der Waals surface area contributed by atoms with Crippen molar-refractivity contribution in [2.24, 2.45) is 0 Å². The van der Waals surface area contributed by atoms with Crippen LogP contribution in [0.15, 0.2) is 73.3 Å². The molecule has 29 heavy (non-hydrogen) atoms. The highest BCUT2D eigenvalue weighted by molar-refractivity contribution is 5.92. The molecule has 0 unspecified atom stereocenters. The fourth-order valence-electron chi connectivity index (χ4n) is 3.38. The maximum atomic E-state index is 4.56. The summed E-state index contributed by atoms with van der Waals surface area (Å²) < 4.78 is 2.01. The maximum Gasteiger partial charge on any atom is 0.141 e. The summed E-state index contributed by atoms with van der Waals surface area (Å²) in [6.07, 6.45) is 5.18. The first-order valence-electron chi connectivity index (χ1n) is 9.35. The van der Waals surface area contributed by atoms with Crippen molar-refractivity contribution in [3.05, 3.63) is 78.9 Å². The van der Waals surface area contributed by atoms with Gasteiger partial charge in [0.05, 0.1) is 30.0 Å². The van der Waals surface area contributed by atoms with E-state index in [1.165, 1.54) is 5.56 Å². The van der Waals surface area contributed by atoms with E-state index in [4.69, 9.17) is 0 Å². The number of fused-ring (bicyclic) bond motifs is 2. The highest BCUT2D eigenvalue weighted by atomic mass is 15.3. The Bertz CT molecular complexity index is 1290. The standard InChI is InChI=1S/C22H19N7/c1-23-21-10-18-19(12-24-21)25-14-26-22(18)28-17-7-8-20-16(9-17)11-27-29(20)13-15-5-3-2-4-6-15/h2-12,14H,13H2,1H3,(H,23,24)(H,25,26,28). The van der Waals surface area contributed by atoms with Gasteiger partial charge in [-0.25, -0.2) is 15.0 Å². The Kier molecular flexibility index (Phi) is 4.25. The van der Waals surface area contributed by atoms with Gasteiger partial charge in [-0.15, -0.1) is 0 Å². The molecule has 0 aliphatic heterocycles. The molecule has 5 rings (SSSR count). The van der Waals surface area contributed by atoms with Crippen LogP contribution in [0.1, 0.15) is 5.56 Å². The van der Waals surface area contributed by atoms with Crippen molar-refractivity contribution in [2.75, 3.05) is 17.7 Å². The Morgan fingerprint density at radius 1 is 0.931 bits per heavy atom. The summed E-state index contributed by atoms with van der Waals surface area (Å²) >= 11 is 0. The minimum atomic E-state index is 0.741. The largest absolute Gasteiger partial charge is 0.373 e. The van der Waals surface area contributed by atoms with E-state index in [1.807, 2.05) is 48.3 Å². The summed E-state index contributed by atoms with van der Waals surface area (Å²) in [6.45, 7) is 0.744. The minimum absolute atomic E-state index is 0.741. The molecule has 0 bridgehead atoms. The van der Waals surface area contributed by atoms with Crippen molar-refractivity contribution in [3.63, 3.8) is 0 Å². The van der Waals surface area contributed by atoms with E-state index in [2.05, 4.69) is 54.9 Å². The molecule has 0 fully saturated rings. The van der Waals surface area contributed by atoms with Crippen LogP contribution in [0.25, 0.3) is 21.8 Å². The monoisotopic (exact) mass is 381 g/mol. The molecule has 2 aromatic carbocycles. The average Bonchev–Trinajstić information content (AvgIpc) is 3.16. The maximum absolute atomic E-state index is 4.56. The summed E-state index contributed by atoms with van der Waals surface area (Å²) in [7, 11) is 1.84. The number of nitrogens with one attached hydrogen (secondary N) is 2. The summed E-state index contributed by atoms with van der Waals surface area (Å²) in [6, 6.07) is 18.5. The number of aromatic nitrogens is 5. The summed E-state index contributed by atoms with van der Waals surface area (Å²) in [5, 5.41) is 13.0. The quantitative estimate of drug-likeness (QED) is 0.475. The highest BCUT2D eigenvalue weighted by Gasteiger charge is 2.08. The molecule has 142 valence electrons. The molecule has 7 nitrogen and oxygen atoms in total. The lowest BCUT2D eigenvalue weighted by atomic mass is 10.2. The Hall–Kier alpha value is -4.00. The summed E-state index contributed by atoms with van der Waals surface area (Å²) in [4.78, 5) is 13.0. The van der Waals surface area contributed by atoms with E-state index >= 15 is 0 Å². The van der Waals surface area contributed by atoms with Gasteiger partial charge in [-0.05, 0) is 29.8 Å². The highest BCUT2D eigenvalue weighted by Crippen LogP contribution is 2.26. The number of hydrogen-bond acceptors (Lipinski definition) is 6. The van der Waals surface area contributed by atoms with Crippen LogP contribution in [0.2, 0.25) is 0 Å². The molecule has 7 heteroatoms. The molecule has 0 saturated heterocycles. The van der Waals surface area contributed by atoms with E-state index in [0.29, 0.717) is 0 Å². The molecule has 3 aromatic heterocycles. The third kappa shape index (κ3) is 3.34. The minimum Gasteiger partial charge on any atom is -0.373 e. The predicted octanol–water partition coefficient (Wildman–Crippen LogP) is 4.21. The van der Waals surface area contributed by atoms with Crippen LogP contribution in [0.4, 0.5) is 17.3 Å². The van der Waals surface area contributed by atoms with Crippen molar-refractivity contribution < 1.29 is 0 Å². The second-order valence-corrected chi connectivity index (χ2v) is 6.75. The molecular weight excluding hydrogens is 362 g/mol. The van der Waals surface area contributed by atoms with E-state index in [1.54, 1.807) is 12.5 Å². The molecule has 3 heterocycles. The van der Waals surface area contributed by atoms with Crippen molar-refractivity contribution in [2.45, 2.75) is 6.54 Å². The van der Waals surface area contributed by atoms with Crippen LogP contribution in [0.5, 0.6) is 0 Å². The number of anilines is 3. The van der Waals surface area contributed by atoms with Crippen LogP contribution in [-0.4, -0.2) is 31.8 Å². The van der Waals surface area contributed by atoms with Crippen LogP contribution in [-0.2, 0) is 6.54 Å². The first-order chi connectivity index (χ1) is 14.3. The molecule has 2 N–H and O–H groups in total. The average molecular weight is 381 g/mol. The van der Waals surface area contributed by atoms with Crippen molar-refractivity contribution in [3.8, 4) is 0 Å². The Morgan fingerprint density at radius 2 is 1.83 bits per heavy atom. The zero-order chi connectivity index (χ0) is 19.6. The third-order valence-corrected chi connectivity index (χ3v) is 4.86. The number of rotatable bonds is 5. The van der Waals surface area contributed by atoms with Crippen LogP contribution in [0.3, 0.4) is 0 Å². The second-order valence-electron chi connectivity index (χ2n) is 6.75. The SMILES string of the molecule is CNc1cc2c(Nc3ccc4c(cnn4Cc4ccccc4)c3)ncnc2cn1. The molecule has 5 aromatic rings. The van der Waals surface area contributed by atoms with E-state index < -0.39 is 0 Å². The number of pyridine rings is 1. The van der Waals surface area contributed by atoms with Gasteiger partial charge >= 0.3 is 0 Å². The van der Waals surface area contributed by atoms with Crippen molar-refractivity contribution in [1.82, 2.24) is 24.7 Å². The molecule has 0 spiro atoms. The van der Waals surface area contributed by atoms with E-state index in [9.17, 15) is 0 Å². The first kappa shape index (κ1) is 17.1. The molecule has 0 saturated carbocycles. The number of hydrogen-bond donors (Lipinski definition) is 2. The molecule has 0 aliphatic carbocycles. The summed E-state index contributed by atoms with van der Waals surface area (Å²) in [5.41, 5.74) is 4.05. The van der Waals surface area contributed by atoms with Crippen molar-refractivity contribution in [1.29, 1.82) is 0 Å². The smallest absolute Gasteiger partial charge is 0.141 e. The zero-order valence-corrected chi connectivity index (χ0v) is 15.9. The molecule has 0 amide bonds. The Morgan fingerprint density at radius 3 is 2.69 bits per heavy atom. The summed E-state index contributed by atoms with van der Waals surface area (Å²) in [5.74, 6) is 1.51. The normalized spacial score (nSPS) is 11.1. The van der Waals surface area contributed by atoms with E-state index in [0.717, 1.165) is 45.7 Å². The molecular formula is C22H19N7. The fraction of sp³-hybridized carbons (Fsp3) is 0.0909. The van der Waals surface area contributed by atoms with Gasteiger partial charge < -0.3 is 10.6 Å². The Labute approximate surface area is 167 Å². The topological polar surface area (TPSA) is 80.5 Å². The van der Waals surface area contributed by atoms with Gasteiger partial charge in [0.15, 0.2) is 0 Å². The van der Waals surface area contributed by atoms with Gasteiger partial charge in [0, 0.05) is 23.5 Å². The molecule has 0 aliphatic rings. The van der Waals surface area contributed by atoms with Gasteiger partial charge in [-0.1, -0.05) is 30.3 Å². The predicted molar refractivity (Wildman–Crippen MR) is 115 cm³/mol. The molecule has 0 atom stereocenters. The van der Waals surface area contributed by atoms with Gasteiger partial charge in [-0.2, -0.15) is 5.10 Å². The number of benzene rings is 2. The van der Waals surface area contributed by atoms with Crippen LogP contribution in [0, 0.1) is 0 Å². The fourth-order valence-corrected chi connectivity index (χ4v) is 3.38. The van der Waals surface area contributed by atoms with Gasteiger partial charge in [-0.3, -0.25) is 4.68 Å². The zero-order valence-electron chi connectivity index (χ0n) is 15.9.